The molecular formula is C13H19N3O2. The second-order valence-electron chi connectivity index (χ2n) is 4.71. The predicted molar refractivity (Wildman–Crippen MR) is 70.0 cm³/mol. The molecule has 0 aromatic carbocycles. The monoisotopic (exact) mass is 249 g/mol. The first kappa shape index (κ1) is 12.8. The van der Waals surface area contributed by atoms with Gasteiger partial charge in [-0.1, -0.05) is 6.92 Å². The number of aryl methyl sites for hydroxylation is 1. The second kappa shape index (κ2) is 5.35. The Balaban J connectivity index is 2.31. The largest absolute Gasteiger partial charge is 0.478 e. The van der Waals surface area contributed by atoms with Gasteiger partial charge in [0, 0.05) is 24.8 Å². The zero-order valence-electron chi connectivity index (χ0n) is 10.6. The van der Waals surface area contributed by atoms with Gasteiger partial charge in [0.15, 0.2) is 0 Å². The number of aromatic carboxylic acids is 1. The van der Waals surface area contributed by atoms with E-state index < -0.39 is 5.97 Å². The van der Waals surface area contributed by atoms with Crippen LogP contribution in [0.1, 0.15) is 35.8 Å². The quantitative estimate of drug-likeness (QED) is 0.843. The number of rotatable bonds is 3. The first-order chi connectivity index (χ1) is 8.60. The van der Waals surface area contributed by atoms with E-state index in [1.165, 1.54) is 0 Å². The normalized spacial score (nSPS) is 19.9. The number of pyridine rings is 1. The Morgan fingerprint density at radius 3 is 3.00 bits per heavy atom. The fourth-order valence-electron chi connectivity index (χ4n) is 2.26. The molecule has 0 spiro atoms. The highest BCUT2D eigenvalue weighted by molar-refractivity contribution is 5.88. The summed E-state index contributed by atoms with van der Waals surface area (Å²) >= 11 is 0. The number of hydrogen-bond donors (Lipinski definition) is 2. The molecule has 1 aromatic rings. The van der Waals surface area contributed by atoms with Crippen LogP contribution in [0.2, 0.25) is 0 Å². The van der Waals surface area contributed by atoms with Crippen LogP contribution in [0, 0.1) is 0 Å². The van der Waals surface area contributed by atoms with Crippen LogP contribution in [-0.4, -0.2) is 35.2 Å². The van der Waals surface area contributed by atoms with Crippen molar-refractivity contribution in [3.8, 4) is 0 Å². The van der Waals surface area contributed by atoms with Crippen molar-refractivity contribution in [1.29, 1.82) is 0 Å². The minimum Gasteiger partial charge on any atom is -0.478 e. The standard InChI is InChI=1S/C13H19N3O2/c1-2-11-6-9(13(17)18)7-12(15-11)16-5-3-4-10(14)8-16/h6-7,10H,2-5,8,14H2,1H3,(H,17,18). The van der Waals surface area contributed by atoms with Crippen LogP contribution in [0.25, 0.3) is 0 Å². The van der Waals surface area contributed by atoms with Gasteiger partial charge in [-0.15, -0.1) is 0 Å². The molecule has 1 atom stereocenters. The van der Waals surface area contributed by atoms with Crippen LogP contribution in [0.15, 0.2) is 12.1 Å². The van der Waals surface area contributed by atoms with Gasteiger partial charge in [0.05, 0.1) is 5.56 Å². The van der Waals surface area contributed by atoms with Gasteiger partial charge in [0.1, 0.15) is 5.82 Å². The van der Waals surface area contributed by atoms with Gasteiger partial charge in [-0.3, -0.25) is 0 Å². The Morgan fingerprint density at radius 2 is 2.39 bits per heavy atom. The van der Waals surface area contributed by atoms with Crippen molar-refractivity contribution in [2.75, 3.05) is 18.0 Å². The predicted octanol–water partition coefficient (Wildman–Crippen LogP) is 1.27. The number of piperidine rings is 1. The summed E-state index contributed by atoms with van der Waals surface area (Å²) < 4.78 is 0. The van der Waals surface area contributed by atoms with Gasteiger partial charge < -0.3 is 15.7 Å². The molecule has 0 aliphatic carbocycles. The molecule has 0 saturated carbocycles. The number of nitrogens with two attached hydrogens (primary N) is 1. The number of carboxylic acid groups (broad SMARTS) is 1. The van der Waals surface area contributed by atoms with E-state index in [2.05, 4.69) is 9.88 Å². The van der Waals surface area contributed by atoms with Crippen LogP contribution in [0.3, 0.4) is 0 Å². The summed E-state index contributed by atoms with van der Waals surface area (Å²) in [7, 11) is 0. The summed E-state index contributed by atoms with van der Waals surface area (Å²) in [6.45, 7) is 3.62. The summed E-state index contributed by atoms with van der Waals surface area (Å²) in [5, 5.41) is 9.11. The fourth-order valence-corrected chi connectivity index (χ4v) is 2.26. The summed E-state index contributed by atoms with van der Waals surface area (Å²) in [4.78, 5) is 17.7. The van der Waals surface area contributed by atoms with Gasteiger partial charge in [-0.2, -0.15) is 0 Å². The fraction of sp³-hybridized carbons (Fsp3) is 0.538. The molecule has 2 rings (SSSR count). The van der Waals surface area contributed by atoms with E-state index in [1.54, 1.807) is 12.1 Å². The zero-order valence-corrected chi connectivity index (χ0v) is 10.6. The van der Waals surface area contributed by atoms with Crippen molar-refractivity contribution in [2.24, 2.45) is 5.73 Å². The molecule has 1 fully saturated rings. The van der Waals surface area contributed by atoms with Crippen molar-refractivity contribution in [3.63, 3.8) is 0 Å². The van der Waals surface area contributed by atoms with Gasteiger partial charge in [0.2, 0.25) is 0 Å². The third kappa shape index (κ3) is 2.79. The minimum atomic E-state index is -0.908. The van der Waals surface area contributed by atoms with Crippen LogP contribution < -0.4 is 10.6 Å². The number of carboxylic acids is 1. The zero-order chi connectivity index (χ0) is 13.1. The van der Waals surface area contributed by atoms with Crippen LogP contribution in [0.5, 0.6) is 0 Å². The number of aromatic nitrogens is 1. The highest BCUT2D eigenvalue weighted by atomic mass is 16.4. The Hall–Kier alpha value is -1.62. The molecule has 1 unspecified atom stereocenters. The Morgan fingerprint density at radius 1 is 1.61 bits per heavy atom. The molecule has 18 heavy (non-hydrogen) atoms. The van der Waals surface area contributed by atoms with Gasteiger partial charge in [0.25, 0.3) is 0 Å². The molecule has 2 heterocycles. The summed E-state index contributed by atoms with van der Waals surface area (Å²) in [5.41, 5.74) is 7.06. The third-order valence-corrected chi connectivity index (χ3v) is 3.26. The maximum absolute atomic E-state index is 11.1. The molecular weight excluding hydrogens is 230 g/mol. The van der Waals surface area contributed by atoms with E-state index in [1.807, 2.05) is 6.92 Å². The molecule has 1 aromatic heterocycles. The van der Waals surface area contributed by atoms with Gasteiger partial charge in [-0.05, 0) is 31.4 Å². The maximum Gasteiger partial charge on any atom is 0.335 e. The summed E-state index contributed by atoms with van der Waals surface area (Å²) in [5.74, 6) is -0.170. The van der Waals surface area contributed by atoms with E-state index in [0.717, 1.165) is 43.9 Å². The van der Waals surface area contributed by atoms with E-state index in [9.17, 15) is 4.79 Å². The van der Waals surface area contributed by atoms with E-state index in [-0.39, 0.29) is 6.04 Å². The molecule has 1 saturated heterocycles. The lowest BCUT2D eigenvalue weighted by Gasteiger charge is -2.32. The molecule has 0 amide bonds. The Bertz CT molecular complexity index is 448. The lowest BCUT2D eigenvalue weighted by molar-refractivity contribution is 0.0696. The highest BCUT2D eigenvalue weighted by Crippen LogP contribution is 2.20. The van der Waals surface area contributed by atoms with Crippen LogP contribution in [-0.2, 0) is 6.42 Å². The molecule has 1 aliphatic heterocycles. The molecule has 5 nitrogen and oxygen atoms in total. The molecule has 1 aliphatic rings. The Labute approximate surface area is 107 Å². The van der Waals surface area contributed by atoms with Crippen molar-refractivity contribution in [2.45, 2.75) is 32.2 Å². The lowest BCUT2D eigenvalue weighted by Crippen LogP contribution is -2.43. The van der Waals surface area contributed by atoms with E-state index in [0.29, 0.717) is 5.56 Å². The number of carbonyl (C=O) groups is 1. The summed E-state index contributed by atoms with van der Waals surface area (Å²) in [6.07, 6.45) is 2.78. The average Bonchev–Trinajstić information content (AvgIpc) is 2.38. The molecule has 0 radical (unpaired) electrons. The third-order valence-electron chi connectivity index (χ3n) is 3.26. The van der Waals surface area contributed by atoms with Gasteiger partial charge in [-0.25, -0.2) is 9.78 Å². The van der Waals surface area contributed by atoms with Crippen LogP contribution in [0.4, 0.5) is 5.82 Å². The number of nitrogens with zero attached hydrogens (tertiary/aromatic N) is 2. The van der Waals surface area contributed by atoms with Crippen molar-refractivity contribution < 1.29 is 9.90 Å². The minimum absolute atomic E-state index is 0.152. The van der Waals surface area contributed by atoms with Crippen molar-refractivity contribution in [1.82, 2.24) is 4.98 Å². The first-order valence-corrected chi connectivity index (χ1v) is 6.35. The first-order valence-electron chi connectivity index (χ1n) is 6.35. The second-order valence-corrected chi connectivity index (χ2v) is 4.71. The SMILES string of the molecule is CCc1cc(C(=O)O)cc(N2CCCC(N)C2)n1. The molecule has 3 N–H and O–H groups in total. The van der Waals surface area contributed by atoms with E-state index in [4.69, 9.17) is 10.8 Å². The number of anilines is 1. The van der Waals surface area contributed by atoms with E-state index >= 15 is 0 Å². The van der Waals surface area contributed by atoms with Gasteiger partial charge >= 0.3 is 5.97 Å². The summed E-state index contributed by atoms with van der Waals surface area (Å²) in [6, 6.07) is 3.43. The molecule has 0 bridgehead atoms. The topological polar surface area (TPSA) is 79.5 Å². The molecule has 98 valence electrons. The number of hydrogen-bond acceptors (Lipinski definition) is 4. The van der Waals surface area contributed by atoms with Crippen molar-refractivity contribution in [3.05, 3.63) is 23.4 Å². The lowest BCUT2D eigenvalue weighted by atomic mass is 10.1. The average molecular weight is 249 g/mol. The Kier molecular flexibility index (Phi) is 3.81. The van der Waals surface area contributed by atoms with Crippen molar-refractivity contribution >= 4 is 11.8 Å². The maximum atomic E-state index is 11.1. The smallest absolute Gasteiger partial charge is 0.335 e. The van der Waals surface area contributed by atoms with Crippen LogP contribution >= 0.6 is 0 Å². The molecule has 5 heteroatoms. The highest BCUT2D eigenvalue weighted by Gasteiger charge is 2.19.